The predicted octanol–water partition coefficient (Wildman–Crippen LogP) is 3.19. The molecule has 1 amide bonds. The molecule has 1 unspecified atom stereocenters. The molecule has 6 nitrogen and oxygen atoms in total. The van der Waals surface area contributed by atoms with E-state index in [4.69, 9.17) is 4.74 Å². The second-order valence-corrected chi connectivity index (χ2v) is 6.67. The number of aromatic nitrogens is 1. The van der Waals surface area contributed by atoms with E-state index in [9.17, 15) is 14.7 Å². The zero-order chi connectivity index (χ0) is 19.7. The molecule has 3 aromatic rings. The number of H-pyrrole nitrogens is 1. The standard InChI is InChI=1S/C22H20N2O4/c1-28-22(21(26)27,16-8-3-2-4-9-16)18-14-23-13-17(18)20(25)24-12-11-15-7-5-6-10-19(15)24/h2-10,13-14,23H,11-12H2,1H3,(H,26,27). The number of hydrogen-bond acceptors (Lipinski definition) is 3. The first-order valence-corrected chi connectivity index (χ1v) is 9.00. The number of carboxylic acids is 1. The van der Waals surface area contributed by atoms with Gasteiger partial charge in [-0.15, -0.1) is 0 Å². The highest BCUT2D eigenvalue weighted by Gasteiger charge is 2.46. The number of para-hydroxylation sites is 1. The third-order valence-corrected chi connectivity index (χ3v) is 5.28. The van der Waals surface area contributed by atoms with Gasteiger partial charge >= 0.3 is 5.97 Å². The van der Waals surface area contributed by atoms with Gasteiger partial charge in [0.2, 0.25) is 5.60 Å². The molecule has 1 aliphatic rings. The van der Waals surface area contributed by atoms with Crippen LogP contribution in [0.25, 0.3) is 0 Å². The van der Waals surface area contributed by atoms with Crippen LogP contribution in [0.2, 0.25) is 0 Å². The summed E-state index contributed by atoms with van der Waals surface area (Å²) in [4.78, 5) is 30.3. The van der Waals surface area contributed by atoms with Crippen LogP contribution in [0, 0.1) is 0 Å². The molecule has 0 radical (unpaired) electrons. The van der Waals surface area contributed by atoms with Gasteiger partial charge < -0.3 is 19.7 Å². The molecule has 2 aromatic carbocycles. The van der Waals surface area contributed by atoms with Gasteiger partial charge in [-0.25, -0.2) is 4.79 Å². The number of carboxylic acid groups (broad SMARTS) is 1. The minimum atomic E-state index is -1.79. The van der Waals surface area contributed by atoms with E-state index in [1.54, 1.807) is 35.2 Å². The summed E-state index contributed by atoms with van der Waals surface area (Å²) in [6, 6.07) is 16.4. The first kappa shape index (κ1) is 18.0. The maximum Gasteiger partial charge on any atom is 0.345 e. The molecular formula is C22H20N2O4. The molecule has 0 bridgehead atoms. The van der Waals surface area contributed by atoms with E-state index in [0.717, 1.165) is 17.7 Å². The fraction of sp³-hybridized carbons (Fsp3) is 0.182. The van der Waals surface area contributed by atoms with Crippen LogP contribution in [0.1, 0.15) is 27.0 Å². The summed E-state index contributed by atoms with van der Waals surface area (Å²) in [7, 11) is 1.34. The number of carbonyl (C=O) groups is 2. The number of aliphatic carboxylic acids is 1. The van der Waals surface area contributed by atoms with E-state index >= 15 is 0 Å². The maximum absolute atomic E-state index is 13.4. The fourth-order valence-corrected chi connectivity index (χ4v) is 3.91. The van der Waals surface area contributed by atoms with Crippen LogP contribution in [0.5, 0.6) is 0 Å². The average molecular weight is 376 g/mol. The van der Waals surface area contributed by atoms with E-state index in [0.29, 0.717) is 12.1 Å². The minimum absolute atomic E-state index is 0.250. The highest BCUT2D eigenvalue weighted by Crippen LogP contribution is 2.37. The Kier molecular flexibility index (Phi) is 4.49. The molecule has 4 rings (SSSR count). The number of nitrogens with zero attached hydrogens (tertiary/aromatic N) is 1. The van der Waals surface area contributed by atoms with E-state index in [2.05, 4.69) is 4.98 Å². The summed E-state index contributed by atoms with van der Waals surface area (Å²) in [6.45, 7) is 0.557. The molecule has 28 heavy (non-hydrogen) atoms. The van der Waals surface area contributed by atoms with Crippen molar-refractivity contribution in [3.05, 3.63) is 89.2 Å². The molecule has 2 heterocycles. The molecule has 0 spiro atoms. The normalized spacial score (nSPS) is 15.1. The van der Waals surface area contributed by atoms with Crippen molar-refractivity contribution < 1.29 is 19.4 Å². The van der Waals surface area contributed by atoms with Gasteiger partial charge in [0.1, 0.15) is 0 Å². The van der Waals surface area contributed by atoms with Crippen molar-refractivity contribution in [3.8, 4) is 0 Å². The Morgan fingerprint density at radius 2 is 1.79 bits per heavy atom. The zero-order valence-electron chi connectivity index (χ0n) is 15.4. The highest BCUT2D eigenvalue weighted by atomic mass is 16.5. The summed E-state index contributed by atoms with van der Waals surface area (Å²) < 4.78 is 5.56. The van der Waals surface area contributed by atoms with Gasteiger partial charge in [-0.3, -0.25) is 4.79 Å². The number of amides is 1. The molecule has 1 aliphatic heterocycles. The molecule has 0 saturated carbocycles. The Bertz CT molecular complexity index is 1030. The predicted molar refractivity (Wildman–Crippen MR) is 104 cm³/mol. The van der Waals surface area contributed by atoms with E-state index in [-0.39, 0.29) is 17.0 Å². The number of anilines is 1. The average Bonchev–Trinajstić information content (AvgIpc) is 3.37. The second kappa shape index (κ2) is 6.98. The number of benzene rings is 2. The van der Waals surface area contributed by atoms with Crippen molar-refractivity contribution in [2.75, 3.05) is 18.6 Å². The summed E-state index contributed by atoms with van der Waals surface area (Å²) >= 11 is 0. The van der Waals surface area contributed by atoms with Crippen molar-refractivity contribution >= 4 is 17.6 Å². The van der Waals surface area contributed by atoms with Gasteiger partial charge in [-0.1, -0.05) is 48.5 Å². The van der Waals surface area contributed by atoms with E-state index in [1.807, 2.05) is 24.3 Å². The molecule has 2 N–H and O–H groups in total. The van der Waals surface area contributed by atoms with E-state index in [1.165, 1.54) is 19.5 Å². The second-order valence-electron chi connectivity index (χ2n) is 6.67. The molecular weight excluding hydrogens is 356 g/mol. The van der Waals surface area contributed by atoms with Crippen LogP contribution in [0.15, 0.2) is 67.0 Å². The van der Waals surface area contributed by atoms with Crippen molar-refractivity contribution in [1.82, 2.24) is 4.98 Å². The Morgan fingerprint density at radius 1 is 1.07 bits per heavy atom. The lowest BCUT2D eigenvalue weighted by Gasteiger charge is -2.29. The zero-order valence-corrected chi connectivity index (χ0v) is 15.4. The highest BCUT2D eigenvalue weighted by molar-refractivity contribution is 6.09. The van der Waals surface area contributed by atoms with Gasteiger partial charge in [-0.05, 0) is 23.6 Å². The van der Waals surface area contributed by atoms with Crippen LogP contribution in [-0.4, -0.2) is 35.6 Å². The van der Waals surface area contributed by atoms with Gasteiger partial charge in [0.05, 0.1) is 5.56 Å². The summed E-state index contributed by atoms with van der Waals surface area (Å²) in [5.74, 6) is -1.43. The molecule has 1 aromatic heterocycles. The third kappa shape index (κ3) is 2.61. The largest absolute Gasteiger partial charge is 0.479 e. The molecule has 0 fully saturated rings. The Labute approximate surface area is 162 Å². The third-order valence-electron chi connectivity index (χ3n) is 5.28. The first-order valence-electron chi connectivity index (χ1n) is 9.00. The van der Waals surface area contributed by atoms with Crippen molar-refractivity contribution in [2.24, 2.45) is 0 Å². The molecule has 0 aliphatic carbocycles. The van der Waals surface area contributed by atoms with Gasteiger partial charge in [0.15, 0.2) is 0 Å². The lowest BCUT2D eigenvalue weighted by atomic mass is 9.85. The summed E-state index contributed by atoms with van der Waals surface area (Å²) in [5, 5.41) is 10.1. The number of rotatable bonds is 5. The van der Waals surface area contributed by atoms with E-state index < -0.39 is 11.6 Å². The van der Waals surface area contributed by atoms with Crippen molar-refractivity contribution in [3.63, 3.8) is 0 Å². The number of ether oxygens (including phenoxy) is 1. The molecule has 6 heteroatoms. The topological polar surface area (TPSA) is 82.6 Å². The van der Waals surface area contributed by atoms with Crippen molar-refractivity contribution in [2.45, 2.75) is 12.0 Å². The molecule has 142 valence electrons. The number of hydrogen-bond donors (Lipinski definition) is 2. The van der Waals surface area contributed by atoms with Crippen molar-refractivity contribution in [1.29, 1.82) is 0 Å². The van der Waals surface area contributed by atoms with Crippen LogP contribution in [0.3, 0.4) is 0 Å². The lowest BCUT2D eigenvalue weighted by molar-refractivity contribution is -0.158. The van der Waals surface area contributed by atoms with Gasteiger partial charge in [0.25, 0.3) is 5.91 Å². The monoisotopic (exact) mass is 376 g/mol. The first-order chi connectivity index (χ1) is 13.6. The number of carbonyl (C=O) groups excluding carboxylic acids is 1. The summed E-state index contributed by atoms with van der Waals surface area (Å²) in [6.07, 6.45) is 3.84. The Hall–Kier alpha value is -3.38. The quantitative estimate of drug-likeness (QED) is 0.716. The number of aromatic amines is 1. The van der Waals surface area contributed by atoms with Gasteiger partial charge in [-0.2, -0.15) is 0 Å². The number of methoxy groups -OCH3 is 1. The van der Waals surface area contributed by atoms with Crippen LogP contribution >= 0.6 is 0 Å². The SMILES string of the molecule is COC(C(=O)O)(c1ccccc1)c1c[nH]cc1C(=O)N1CCc2ccccc21. The van der Waals surface area contributed by atoms with Crippen LogP contribution < -0.4 is 4.90 Å². The molecule has 0 saturated heterocycles. The van der Waals surface area contributed by atoms with Gasteiger partial charge in [0, 0.05) is 37.3 Å². The van der Waals surface area contributed by atoms with Crippen LogP contribution in [0.4, 0.5) is 5.69 Å². The minimum Gasteiger partial charge on any atom is -0.479 e. The van der Waals surface area contributed by atoms with Crippen LogP contribution in [-0.2, 0) is 21.6 Å². The Morgan fingerprint density at radius 3 is 2.50 bits per heavy atom. The summed E-state index contributed by atoms with van der Waals surface area (Å²) in [5.41, 5.74) is 1.18. The smallest absolute Gasteiger partial charge is 0.345 e. The maximum atomic E-state index is 13.4. The molecule has 1 atom stereocenters. The Balaban J connectivity index is 1.82. The number of fused-ring (bicyclic) bond motifs is 1. The number of nitrogens with one attached hydrogen (secondary N) is 1. The fourth-order valence-electron chi connectivity index (χ4n) is 3.91. The lowest BCUT2D eigenvalue weighted by Crippen LogP contribution is -2.41.